The number of rotatable bonds is 4. The van der Waals surface area contributed by atoms with Crippen LogP contribution in [-0.2, 0) is 19.1 Å². The molecule has 2 unspecified atom stereocenters. The number of Topliss-reactive ketones (excluding diaryl/α,β-unsaturated/α-hetero) is 1. The molecule has 1 saturated heterocycles. The molecule has 1 heterocycles. The topological polar surface area (TPSA) is 60.4 Å². The first-order valence-corrected chi connectivity index (χ1v) is 4.27. The summed E-state index contributed by atoms with van der Waals surface area (Å²) in [5.41, 5.74) is 0. The fourth-order valence-corrected chi connectivity index (χ4v) is 1.60. The fraction of sp³-hybridized carbons (Fsp3) is 0.667. The maximum absolute atomic E-state index is 11.1. The smallest absolute Gasteiger partial charge is 0.316 e. The van der Waals surface area contributed by atoms with Crippen LogP contribution in [0.2, 0.25) is 0 Å². The van der Waals surface area contributed by atoms with Gasteiger partial charge in [0.1, 0.15) is 18.0 Å². The molecule has 1 aliphatic rings. The van der Waals surface area contributed by atoms with Gasteiger partial charge in [0, 0.05) is 12.3 Å². The fourth-order valence-electron chi connectivity index (χ4n) is 1.60. The normalized spacial score (nSPS) is 27.0. The summed E-state index contributed by atoms with van der Waals surface area (Å²) < 4.78 is 4.76. The van der Waals surface area contributed by atoms with E-state index in [1.165, 1.54) is 6.92 Å². The maximum Gasteiger partial charge on any atom is 0.316 e. The second-order valence-corrected chi connectivity index (χ2v) is 3.22. The lowest BCUT2D eigenvalue weighted by Crippen LogP contribution is -2.23. The molecular weight excluding hydrogens is 172 g/mol. The van der Waals surface area contributed by atoms with Crippen LogP contribution in [0.3, 0.4) is 0 Å². The van der Waals surface area contributed by atoms with Gasteiger partial charge in [0.2, 0.25) is 0 Å². The first kappa shape index (κ1) is 9.89. The van der Waals surface area contributed by atoms with Crippen LogP contribution in [0.4, 0.5) is 0 Å². The van der Waals surface area contributed by atoms with Crippen molar-refractivity contribution in [2.45, 2.75) is 19.8 Å². The predicted molar refractivity (Wildman–Crippen MR) is 43.9 cm³/mol. The number of esters is 1. The van der Waals surface area contributed by atoms with Crippen molar-refractivity contribution in [1.82, 2.24) is 0 Å². The van der Waals surface area contributed by atoms with E-state index in [0.717, 1.165) is 6.29 Å². The second kappa shape index (κ2) is 4.16. The highest BCUT2D eigenvalue weighted by Crippen LogP contribution is 2.26. The zero-order valence-corrected chi connectivity index (χ0v) is 7.49. The Morgan fingerprint density at radius 2 is 2.38 bits per heavy atom. The molecule has 0 aromatic carbocycles. The summed E-state index contributed by atoms with van der Waals surface area (Å²) >= 11 is 0. The molecule has 0 saturated carbocycles. The molecule has 0 bridgehead atoms. The molecule has 0 aromatic heterocycles. The van der Waals surface area contributed by atoms with E-state index in [1.54, 1.807) is 0 Å². The van der Waals surface area contributed by atoms with Gasteiger partial charge in [0.05, 0.1) is 6.61 Å². The van der Waals surface area contributed by atoms with E-state index in [1.807, 2.05) is 0 Å². The molecule has 0 N–H and O–H groups in total. The molecule has 1 fully saturated rings. The maximum atomic E-state index is 11.1. The zero-order valence-electron chi connectivity index (χ0n) is 7.49. The van der Waals surface area contributed by atoms with Crippen LogP contribution < -0.4 is 0 Å². The van der Waals surface area contributed by atoms with Crippen molar-refractivity contribution in [3.8, 4) is 0 Å². The largest absolute Gasteiger partial charge is 0.465 e. The lowest BCUT2D eigenvalue weighted by molar-refractivity contribution is -0.144. The van der Waals surface area contributed by atoms with Crippen molar-refractivity contribution in [3.63, 3.8) is 0 Å². The summed E-state index contributed by atoms with van der Waals surface area (Å²) in [5, 5.41) is 0. The molecule has 4 nitrogen and oxygen atoms in total. The van der Waals surface area contributed by atoms with E-state index in [-0.39, 0.29) is 18.3 Å². The van der Waals surface area contributed by atoms with E-state index < -0.39 is 11.9 Å². The van der Waals surface area contributed by atoms with Gasteiger partial charge >= 0.3 is 5.97 Å². The summed E-state index contributed by atoms with van der Waals surface area (Å²) in [6.07, 6.45) is 1.73. The van der Waals surface area contributed by atoms with Crippen molar-refractivity contribution < 1.29 is 19.1 Å². The van der Waals surface area contributed by atoms with E-state index in [4.69, 9.17) is 4.74 Å². The summed E-state index contributed by atoms with van der Waals surface area (Å²) in [7, 11) is 0. The first-order chi connectivity index (χ1) is 6.16. The van der Waals surface area contributed by atoms with Crippen LogP contribution in [-0.4, -0.2) is 24.6 Å². The van der Waals surface area contributed by atoms with Crippen LogP contribution in [0.5, 0.6) is 0 Å². The number of carbonyl (C=O) groups is 3. The second-order valence-electron chi connectivity index (χ2n) is 3.22. The third kappa shape index (κ3) is 2.14. The van der Waals surface area contributed by atoms with Crippen molar-refractivity contribution in [2.24, 2.45) is 11.8 Å². The third-order valence-corrected chi connectivity index (χ3v) is 2.26. The highest BCUT2D eigenvalue weighted by atomic mass is 16.5. The Kier molecular flexibility index (Phi) is 3.17. The highest BCUT2D eigenvalue weighted by Gasteiger charge is 2.39. The molecular formula is C9H12O4. The van der Waals surface area contributed by atoms with Gasteiger partial charge in [0.25, 0.3) is 0 Å². The molecule has 0 radical (unpaired) electrons. The van der Waals surface area contributed by atoms with Crippen LogP contribution in [0.15, 0.2) is 0 Å². The molecule has 4 heteroatoms. The van der Waals surface area contributed by atoms with Gasteiger partial charge in [-0.15, -0.1) is 0 Å². The molecule has 13 heavy (non-hydrogen) atoms. The quantitative estimate of drug-likeness (QED) is 0.359. The molecule has 0 aromatic rings. The molecule has 2 atom stereocenters. The molecule has 72 valence electrons. The highest BCUT2D eigenvalue weighted by molar-refractivity contribution is 5.99. The number of hydrogen-bond donors (Lipinski definition) is 0. The molecule has 0 aliphatic carbocycles. The standard InChI is InChI=1S/C9H12O4/c1-6(11)8-7(3-2-4-10)5-13-9(8)12/h4,7-8H,2-3,5H2,1H3. The number of hydrogen-bond acceptors (Lipinski definition) is 4. The van der Waals surface area contributed by atoms with Crippen molar-refractivity contribution >= 4 is 18.0 Å². The lowest BCUT2D eigenvalue weighted by atomic mass is 9.89. The SMILES string of the molecule is CC(=O)C1C(=O)OCC1CCC=O. The number of aldehydes is 1. The van der Waals surface area contributed by atoms with Crippen molar-refractivity contribution in [1.29, 1.82) is 0 Å². The Morgan fingerprint density at radius 1 is 1.69 bits per heavy atom. The number of carbonyl (C=O) groups excluding carboxylic acids is 3. The van der Waals surface area contributed by atoms with E-state index >= 15 is 0 Å². The summed E-state index contributed by atoms with van der Waals surface area (Å²) in [4.78, 5) is 32.2. The molecule has 0 spiro atoms. The number of ether oxygens (including phenoxy) is 1. The van der Waals surface area contributed by atoms with E-state index in [0.29, 0.717) is 12.8 Å². The Bertz CT molecular complexity index is 234. The lowest BCUT2D eigenvalue weighted by Gasteiger charge is -2.09. The van der Waals surface area contributed by atoms with Crippen LogP contribution in [0, 0.1) is 11.8 Å². The van der Waals surface area contributed by atoms with E-state index in [9.17, 15) is 14.4 Å². The third-order valence-electron chi connectivity index (χ3n) is 2.26. The number of cyclic esters (lactones) is 1. The Morgan fingerprint density at radius 3 is 2.92 bits per heavy atom. The van der Waals surface area contributed by atoms with Crippen molar-refractivity contribution in [2.75, 3.05) is 6.61 Å². The summed E-state index contributed by atoms with van der Waals surface area (Å²) in [6.45, 7) is 1.65. The van der Waals surface area contributed by atoms with Gasteiger partial charge in [-0.05, 0) is 13.3 Å². The summed E-state index contributed by atoms with van der Waals surface area (Å²) in [5.74, 6) is -1.35. The minimum atomic E-state index is -0.639. The Hall–Kier alpha value is -1.19. The Labute approximate surface area is 76.3 Å². The van der Waals surface area contributed by atoms with Crippen LogP contribution in [0.25, 0.3) is 0 Å². The van der Waals surface area contributed by atoms with Crippen molar-refractivity contribution in [3.05, 3.63) is 0 Å². The van der Waals surface area contributed by atoms with Gasteiger partial charge in [-0.2, -0.15) is 0 Å². The monoisotopic (exact) mass is 184 g/mol. The van der Waals surface area contributed by atoms with Gasteiger partial charge in [0.15, 0.2) is 0 Å². The van der Waals surface area contributed by atoms with Gasteiger partial charge in [-0.25, -0.2) is 0 Å². The van der Waals surface area contributed by atoms with E-state index in [2.05, 4.69) is 0 Å². The first-order valence-electron chi connectivity index (χ1n) is 4.27. The van der Waals surface area contributed by atoms with Crippen LogP contribution >= 0.6 is 0 Å². The predicted octanol–water partition coefficient (Wildman–Crippen LogP) is 0.344. The zero-order chi connectivity index (χ0) is 9.84. The molecule has 1 aliphatic heterocycles. The van der Waals surface area contributed by atoms with Crippen LogP contribution in [0.1, 0.15) is 19.8 Å². The Balaban J connectivity index is 2.58. The minimum Gasteiger partial charge on any atom is -0.465 e. The number of ketones is 1. The average Bonchev–Trinajstić information content (AvgIpc) is 2.43. The van der Waals surface area contributed by atoms with Gasteiger partial charge < -0.3 is 9.53 Å². The molecule has 0 amide bonds. The molecule has 1 rings (SSSR count). The minimum absolute atomic E-state index is 0.102. The average molecular weight is 184 g/mol. The summed E-state index contributed by atoms with van der Waals surface area (Å²) in [6, 6.07) is 0. The van der Waals surface area contributed by atoms with Gasteiger partial charge in [-0.3, -0.25) is 9.59 Å². The van der Waals surface area contributed by atoms with Gasteiger partial charge in [-0.1, -0.05) is 0 Å².